The highest BCUT2D eigenvalue weighted by molar-refractivity contribution is 7.99. The van der Waals surface area contributed by atoms with Gasteiger partial charge in [-0.15, -0.1) is 0 Å². The Hall–Kier alpha value is -1.30. The molecule has 2 aromatic rings. The predicted molar refractivity (Wildman–Crippen MR) is 89.2 cm³/mol. The molecule has 3 rings (SSSR count). The summed E-state index contributed by atoms with van der Waals surface area (Å²) in [7, 11) is 0. The van der Waals surface area contributed by atoms with Crippen LogP contribution in [0, 0.1) is 6.92 Å². The number of carbonyl (C=O) groups is 1. The summed E-state index contributed by atoms with van der Waals surface area (Å²) in [5, 5.41) is 7.61. The topological polar surface area (TPSA) is 54.0 Å². The number of anilines is 1. The number of pyridine rings is 1. The Morgan fingerprint density at radius 2 is 2.43 bits per heavy atom. The Morgan fingerprint density at radius 1 is 1.57 bits per heavy atom. The van der Waals surface area contributed by atoms with E-state index in [9.17, 15) is 4.79 Å². The quantitative estimate of drug-likeness (QED) is 0.893. The highest BCUT2D eigenvalue weighted by Crippen LogP contribution is 2.32. The average Bonchev–Trinajstić information content (AvgIpc) is 2.52. The first kappa shape index (κ1) is 14.6. The number of fused-ring (bicyclic) bond motifs is 1. The Kier molecular flexibility index (Phi) is 4.33. The van der Waals surface area contributed by atoms with Crippen LogP contribution in [0.25, 0.3) is 10.9 Å². The van der Waals surface area contributed by atoms with Gasteiger partial charge in [-0.2, -0.15) is 11.8 Å². The maximum Gasteiger partial charge on any atom is 0.242 e. The summed E-state index contributed by atoms with van der Waals surface area (Å²) in [4.78, 5) is 16.8. The maximum absolute atomic E-state index is 12.4. The molecule has 1 saturated heterocycles. The number of nitrogens with one attached hydrogen (secondary N) is 2. The molecule has 1 fully saturated rings. The third-order valence-electron chi connectivity index (χ3n) is 3.52. The number of rotatable bonds is 2. The van der Waals surface area contributed by atoms with Gasteiger partial charge in [-0.05, 0) is 30.7 Å². The Bertz CT molecular complexity index is 686. The first-order valence-electron chi connectivity index (χ1n) is 6.82. The number of aryl methyl sites for hydroxylation is 1. The zero-order valence-corrected chi connectivity index (χ0v) is 13.2. The molecule has 1 aliphatic rings. The number of aromatic nitrogens is 1. The molecule has 1 amide bonds. The fourth-order valence-corrected chi connectivity index (χ4v) is 3.70. The minimum Gasteiger partial charge on any atom is -0.323 e. The van der Waals surface area contributed by atoms with Crippen LogP contribution in [0.15, 0.2) is 24.4 Å². The minimum atomic E-state index is -0.173. The number of halogens is 1. The molecule has 1 unspecified atom stereocenters. The van der Waals surface area contributed by atoms with Gasteiger partial charge in [-0.1, -0.05) is 11.6 Å². The second-order valence-electron chi connectivity index (χ2n) is 5.02. The van der Waals surface area contributed by atoms with Crippen LogP contribution < -0.4 is 10.6 Å². The molecule has 1 atom stereocenters. The van der Waals surface area contributed by atoms with Crippen LogP contribution in [-0.4, -0.2) is 35.0 Å². The van der Waals surface area contributed by atoms with Crippen molar-refractivity contribution in [2.75, 3.05) is 23.4 Å². The largest absolute Gasteiger partial charge is 0.323 e. The first-order chi connectivity index (χ1) is 10.2. The molecule has 0 spiro atoms. The lowest BCUT2D eigenvalue weighted by molar-refractivity contribution is -0.117. The van der Waals surface area contributed by atoms with Gasteiger partial charge in [0.05, 0.1) is 22.3 Å². The number of nitrogens with zero attached hydrogens (tertiary/aromatic N) is 1. The van der Waals surface area contributed by atoms with E-state index in [-0.39, 0.29) is 11.9 Å². The lowest BCUT2D eigenvalue weighted by atomic mass is 10.1. The van der Waals surface area contributed by atoms with E-state index in [1.54, 1.807) is 18.0 Å². The summed E-state index contributed by atoms with van der Waals surface area (Å²) in [5.41, 5.74) is 2.51. The van der Waals surface area contributed by atoms with Crippen molar-refractivity contribution < 1.29 is 4.79 Å². The molecule has 2 N–H and O–H groups in total. The van der Waals surface area contributed by atoms with E-state index in [4.69, 9.17) is 11.6 Å². The standard InChI is InChI=1S/C15H16ClN3OS/c1-9-7-11(16)14(10-3-2-4-18-13(9)10)19-15(20)12-8-21-6-5-17-12/h2-4,7,12,17H,5-6,8H2,1H3,(H,19,20). The highest BCUT2D eigenvalue weighted by atomic mass is 35.5. The van der Waals surface area contributed by atoms with Gasteiger partial charge in [-0.25, -0.2) is 0 Å². The fourth-order valence-electron chi connectivity index (χ4n) is 2.45. The van der Waals surface area contributed by atoms with Crippen molar-refractivity contribution in [1.82, 2.24) is 10.3 Å². The van der Waals surface area contributed by atoms with Crippen LogP contribution in [0.1, 0.15) is 5.56 Å². The molecule has 0 radical (unpaired) electrons. The summed E-state index contributed by atoms with van der Waals surface area (Å²) < 4.78 is 0. The Labute approximate surface area is 132 Å². The summed E-state index contributed by atoms with van der Waals surface area (Å²) in [5.74, 6) is 1.78. The van der Waals surface area contributed by atoms with Crippen LogP contribution >= 0.6 is 23.4 Å². The summed E-state index contributed by atoms with van der Waals surface area (Å²) in [6, 6.07) is 5.45. The fraction of sp³-hybridized carbons (Fsp3) is 0.333. The molecule has 0 aliphatic carbocycles. The second kappa shape index (κ2) is 6.22. The number of hydrogen-bond acceptors (Lipinski definition) is 4. The highest BCUT2D eigenvalue weighted by Gasteiger charge is 2.22. The molecular weight excluding hydrogens is 306 g/mol. The van der Waals surface area contributed by atoms with Gasteiger partial charge >= 0.3 is 0 Å². The van der Waals surface area contributed by atoms with E-state index in [0.29, 0.717) is 10.7 Å². The number of amides is 1. The monoisotopic (exact) mass is 321 g/mol. The van der Waals surface area contributed by atoms with Crippen LogP contribution in [0.2, 0.25) is 5.02 Å². The van der Waals surface area contributed by atoms with Gasteiger partial charge in [0.25, 0.3) is 0 Å². The second-order valence-corrected chi connectivity index (χ2v) is 6.58. The molecule has 4 nitrogen and oxygen atoms in total. The van der Waals surface area contributed by atoms with Crippen molar-refractivity contribution in [1.29, 1.82) is 0 Å². The van der Waals surface area contributed by atoms with Crippen molar-refractivity contribution >= 4 is 45.9 Å². The van der Waals surface area contributed by atoms with Crippen LogP contribution in [-0.2, 0) is 4.79 Å². The molecular formula is C15H16ClN3OS. The van der Waals surface area contributed by atoms with E-state index in [0.717, 1.165) is 34.5 Å². The lowest BCUT2D eigenvalue weighted by Crippen LogP contribution is -2.46. The molecule has 1 aromatic heterocycles. The molecule has 6 heteroatoms. The molecule has 110 valence electrons. The smallest absolute Gasteiger partial charge is 0.242 e. The third-order valence-corrected chi connectivity index (χ3v) is 4.88. The summed E-state index contributed by atoms with van der Waals surface area (Å²) in [6.45, 7) is 2.82. The van der Waals surface area contributed by atoms with E-state index in [2.05, 4.69) is 15.6 Å². The molecule has 1 aliphatic heterocycles. The minimum absolute atomic E-state index is 0.0434. The Morgan fingerprint density at radius 3 is 3.19 bits per heavy atom. The van der Waals surface area contributed by atoms with Crippen LogP contribution in [0.4, 0.5) is 5.69 Å². The van der Waals surface area contributed by atoms with E-state index < -0.39 is 0 Å². The normalized spacial score (nSPS) is 18.7. The van der Waals surface area contributed by atoms with Crippen molar-refractivity contribution in [2.24, 2.45) is 0 Å². The van der Waals surface area contributed by atoms with Gasteiger partial charge in [0.1, 0.15) is 0 Å². The van der Waals surface area contributed by atoms with E-state index in [1.165, 1.54) is 0 Å². The number of carbonyl (C=O) groups excluding carboxylic acids is 1. The third kappa shape index (κ3) is 3.00. The van der Waals surface area contributed by atoms with Gasteiger partial charge in [0, 0.05) is 29.6 Å². The van der Waals surface area contributed by atoms with Gasteiger partial charge in [0.2, 0.25) is 5.91 Å². The SMILES string of the molecule is Cc1cc(Cl)c(NC(=O)C2CSCCN2)c2cccnc12. The van der Waals surface area contributed by atoms with Gasteiger partial charge in [-0.3, -0.25) is 9.78 Å². The summed E-state index contributed by atoms with van der Waals surface area (Å²) >= 11 is 8.11. The molecule has 0 saturated carbocycles. The number of benzene rings is 1. The van der Waals surface area contributed by atoms with Crippen LogP contribution in [0.5, 0.6) is 0 Å². The van der Waals surface area contributed by atoms with E-state index in [1.807, 2.05) is 25.1 Å². The average molecular weight is 322 g/mol. The predicted octanol–water partition coefficient (Wildman–Crippen LogP) is 2.84. The lowest BCUT2D eigenvalue weighted by Gasteiger charge is -2.23. The zero-order valence-electron chi connectivity index (χ0n) is 11.6. The van der Waals surface area contributed by atoms with Gasteiger partial charge < -0.3 is 10.6 Å². The van der Waals surface area contributed by atoms with Crippen molar-refractivity contribution in [3.8, 4) is 0 Å². The van der Waals surface area contributed by atoms with Crippen LogP contribution in [0.3, 0.4) is 0 Å². The van der Waals surface area contributed by atoms with Crippen molar-refractivity contribution in [3.63, 3.8) is 0 Å². The molecule has 2 heterocycles. The number of hydrogen-bond donors (Lipinski definition) is 2. The molecule has 1 aromatic carbocycles. The van der Waals surface area contributed by atoms with Gasteiger partial charge in [0.15, 0.2) is 0 Å². The molecule has 21 heavy (non-hydrogen) atoms. The maximum atomic E-state index is 12.4. The molecule has 0 bridgehead atoms. The number of thioether (sulfide) groups is 1. The van der Waals surface area contributed by atoms with E-state index >= 15 is 0 Å². The first-order valence-corrected chi connectivity index (χ1v) is 8.36. The zero-order chi connectivity index (χ0) is 14.8. The van der Waals surface area contributed by atoms with Crippen molar-refractivity contribution in [2.45, 2.75) is 13.0 Å². The van der Waals surface area contributed by atoms with Crippen molar-refractivity contribution in [3.05, 3.63) is 35.0 Å². The Balaban J connectivity index is 1.94. The summed E-state index contributed by atoms with van der Waals surface area (Å²) in [6.07, 6.45) is 1.74.